The molecule has 0 aromatic heterocycles. The molecule has 2 aromatic carbocycles. The average molecular weight is 980 g/mol. The largest absolute Gasteiger partial charge is 0.416 e. The third-order valence-corrected chi connectivity index (χ3v) is 10.3. The van der Waals surface area contributed by atoms with E-state index in [2.05, 4.69) is 36.2 Å². The fraction of sp³-hybridized carbons (Fsp3) is 0.488. The van der Waals surface area contributed by atoms with Crippen molar-refractivity contribution in [2.24, 2.45) is 55.3 Å². The van der Waals surface area contributed by atoms with Crippen molar-refractivity contribution >= 4 is 82.3 Å². The van der Waals surface area contributed by atoms with Gasteiger partial charge in [-0.3, -0.25) is 34.2 Å². The van der Waals surface area contributed by atoms with Crippen molar-refractivity contribution in [2.45, 2.75) is 88.4 Å². The van der Waals surface area contributed by atoms with Gasteiger partial charge in [0.2, 0.25) is 17.7 Å². The third kappa shape index (κ3) is 24.7. The number of nitrogens with one attached hydrogen (secondary N) is 4. The zero-order chi connectivity index (χ0) is 50.5. The minimum absolute atomic E-state index is 0.0553. The highest BCUT2D eigenvalue weighted by molar-refractivity contribution is 7.99. The number of thioether (sulfide) groups is 2. The van der Waals surface area contributed by atoms with Gasteiger partial charge in [-0.25, -0.2) is 0 Å². The number of hydrogen-bond acceptors (Lipinski definition) is 11. The van der Waals surface area contributed by atoms with Crippen LogP contribution in [0.25, 0.3) is 0 Å². The van der Waals surface area contributed by atoms with Crippen molar-refractivity contribution in [3.63, 3.8) is 0 Å². The fourth-order valence-corrected chi connectivity index (χ4v) is 6.62. The number of nitrogens with two attached hydrogens (primary N) is 6. The van der Waals surface area contributed by atoms with E-state index in [1.807, 2.05) is 13.8 Å². The number of carbonyl (C=O) groups is 4. The lowest BCUT2D eigenvalue weighted by molar-refractivity contribution is -0.138. The van der Waals surface area contributed by atoms with E-state index in [1.54, 1.807) is 7.05 Å². The van der Waals surface area contributed by atoms with Crippen molar-refractivity contribution in [1.82, 2.24) is 5.32 Å². The Morgan fingerprint density at radius 1 is 0.712 bits per heavy atom. The van der Waals surface area contributed by atoms with Crippen molar-refractivity contribution in [3.05, 3.63) is 53.2 Å². The maximum atomic E-state index is 14.0. The van der Waals surface area contributed by atoms with Gasteiger partial charge in [-0.2, -0.15) is 26.3 Å². The number of rotatable bonds is 23. The first kappa shape index (κ1) is 60.5. The second-order valence-electron chi connectivity index (χ2n) is 13.3. The maximum absolute atomic E-state index is 14.0. The number of unbranched alkanes of at least 4 members (excludes halogenated alkanes) is 2. The van der Waals surface area contributed by atoms with Gasteiger partial charge in [0.05, 0.1) is 39.0 Å². The molecule has 0 spiro atoms. The molecule has 25 heteroatoms. The highest BCUT2D eigenvalue weighted by atomic mass is 32.2. The average Bonchev–Trinajstić information content (AvgIpc) is 3.24. The number of aliphatic imine (C=N–C) groups is 3. The first-order valence-electron chi connectivity index (χ1n) is 20.6. The summed E-state index contributed by atoms with van der Waals surface area (Å²) in [6, 6.07) is 4.29. The van der Waals surface area contributed by atoms with Crippen LogP contribution >= 0.6 is 23.5 Å². The molecule has 17 nitrogen and oxygen atoms in total. The zero-order valence-corrected chi connectivity index (χ0v) is 39.3. The lowest BCUT2D eigenvalue weighted by Crippen LogP contribution is -2.23. The molecule has 16 N–H and O–H groups in total. The van der Waals surface area contributed by atoms with Crippen molar-refractivity contribution in [1.29, 1.82) is 0 Å². The molecule has 2 rings (SSSR count). The molecule has 0 aliphatic carbocycles. The van der Waals surface area contributed by atoms with Gasteiger partial charge in [0, 0.05) is 68.7 Å². The van der Waals surface area contributed by atoms with Gasteiger partial charge in [-0.15, -0.1) is 23.5 Å². The van der Waals surface area contributed by atoms with Crippen LogP contribution in [-0.2, 0) is 31.5 Å². The van der Waals surface area contributed by atoms with Crippen molar-refractivity contribution in [3.8, 4) is 0 Å². The van der Waals surface area contributed by atoms with Crippen molar-refractivity contribution in [2.75, 3.05) is 60.7 Å². The summed E-state index contributed by atoms with van der Waals surface area (Å²) in [6.45, 7) is 7.98. The Bertz CT molecular complexity index is 1970. The van der Waals surface area contributed by atoms with Crippen LogP contribution in [0.2, 0.25) is 0 Å². The molecule has 370 valence electrons. The van der Waals surface area contributed by atoms with Crippen LogP contribution in [0, 0.1) is 5.92 Å². The monoisotopic (exact) mass is 979 g/mol. The SMILES string of the molecule is CC.CC=N/C(=C\C(C)C(=O)Nc1cc(C(F)(F)F)cc(NC(=O)CCCCN=C(N)N)c1SCCN)C(=O)Nc1cc(C(F)(F)F)ccc1SCCN.CNC(=O)CCCCN=C(N)N. The number of alkyl halides is 6. The van der Waals surface area contributed by atoms with Crippen LogP contribution in [0.4, 0.5) is 43.4 Å². The highest BCUT2D eigenvalue weighted by Gasteiger charge is 2.34. The minimum Gasteiger partial charge on any atom is -0.370 e. The number of anilines is 3. The summed E-state index contributed by atoms with van der Waals surface area (Å²) in [6.07, 6.45) is -4.34. The van der Waals surface area contributed by atoms with Crippen LogP contribution in [0.15, 0.2) is 66.9 Å². The van der Waals surface area contributed by atoms with Crippen LogP contribution in [-0.4, -0.2) is 86.5 Å². The molecule has 0 heterocycles. The minimum atomic E-state index is -4.87. The molecule has 0 aliphatic rings. The van der Waals surface area contributed by atoms with E-state index in [-0.39, 0.29) is 77.3 Å². The lowest BCUT2D eigenvalue weighted by Gasteiger charge is -2.20. The van der Waals surface area contributed by atoms with Gasteiger partial charge < -0.3 is 55.7 Å². The van der Waals surface area contributed by atoms with Gasteiger partial charge >= 0.3 is 12.4 Å². The molecule has 4 amide bonds. The number of guanidine groups is 2. The number of nitrogens with zero attached hydrogens (tertiary/aromatic N) is 3. The first-order chi connectivity index (χ1) is 31.1. The van der Waals surface area contributed by atoms with Crippen LogP contribution in [0.1, 0.15) is 77.3 Å². The van der Waals surface area contributed by atoms with Crippen molar-refractivity contribution < 1.29 is 45.5 Å². The van der Waals surface area contributed by atoms with E-state index in [0.717, 1.165) is 60.6 Å². The summed E-state index contributed by atoms with van der Waals surface area (Å²) in [5.41, 5.74) is 28.8. The van der Waals surface area contributed by atoms with Crippen LogP contribution in [0.5, 0.6) is 0 Å². The number of halogens is 6. The van der Waals surface area contributed by atoms with Gasteiger partial charge in [-0.1, -0.05) is 13.8 Å². The second kappa shape index (κ2) is 32.2. The van der Waals surface area contributed by atoms with E-state index >= 15 is 0 Å². The predicted octanol–water partition coefficient (Wildman–Crippen LogP) is 5.60. The molecule has 2 aromatic rings. The quantitative estimate of drug-likeness (QED) is 0.0163. The molecule has 1 unspecified atom stereocenters. The number of carbonyl (C=O) groups excluding carboxylic acids is 4. The van der Waals surface area contributed by atoms with Crippen LogP contribution < -0.4 is 55.7 Å². The number of benzene rings is 2. The summed E-state index contributed by atoms with van der Waals surface area (Å²) in [4.78, 5) is 62.1. The predicted molar refractivity (Wildman–Crippen MR) is 254 cm³/mol. The Morgan fingerprint density at radius 3 is 1.70 bits per heavy atom. The fourth-order valence-electron chi connectivity index (χ4n) is 5.00. The highest BCUT2D eigenvalue weighted by Crippen LogP contribution is 2.41. The Morgan fingerprint density at radius 2 is 1.21 bits per heavy atom. The summed E-state index contributed by atoms with van der Waals surface area (Å²) in [5.74, 6) is -3.01. The number of hydrogen-bond donors (Lipinski definition) is 10. The molecule has 1 atom stereocenters. The van der Waals surface area contributed by atoms with Gasteiger partial charge in [0.1, 0.15) is 5.70 Å². The Labute approximate surface area is 389 Å². The summed E-state index contributed by atoms with van der Waals surface area (Å²) < 4.78 is 82.4. The van der Waals surface area contributed by atoms with Gasteiger partial charge in [-0.05, 0) is 75.9 Å². The zero-order valence-electron chi connectivity index (χ0n) is 37.6. The van der Waals surface area contributed by atoms with E-state index < -0.39 is 47.1 Å². The second-order valence-corrected chi connectivity index (χ2v) is 15.5. The molecule has 0 fully saturated rings. The van der Waals surface area contributed by atoms with E-state index in [4.69, 9.17) is 34.4 Å². The standard InChI is InChI=1S/C32H41F6N9O3S2.C7H16N4O.C2H6/c1-3-43-24(29(50)46-21-15-19(31(33,34)35)7-8-25(21)51-12-9-39)14-18(2)28(49)47-23-17-20(32(36,37)38)16-22(27(23)52-13-10-40)45-26(48)6-4-5-11-44-30(41)42;1-10-6(12)4-2-3-5-11-7(8)9;1-2/h3,7-8,14-18H,4-6,9-13,39-40H2,1-2H3,(H,45,48)(H,46,50)(H,47,49)(H4,41,42,44);2-5H2,1H3,(H,10,12)(H4,8,9,11);1-2H3/b24-14-,43-3?;;. The smallest absolute Gasteiger partial charge is 0.370 e. The summed E-state index contributed by atoms with van der Waals surface area (Å²) >= 11 is 2.12. The molecule has 66 heavy (non-hydrogen) atoms. The molecule has 0 bridgehead atoms. The van der Waals surface area contributed by atoms with E-state index in [9.17, 15) is 45.5 Å². The normalized spacial score (nSPS) is 11.8. The number of amides is 4. The molecule has 0 saturated heterocycles. The summed E-state index contributed by atoms with van der Waals surface area (Å²) in [5, 5.41) is 9.89. The third-order valence-electron chi connectivity index (χ3n) is 8.06. The summed E-state index contributed by atoms with van der Waals surface area (Å²) in [7, 11) is 1.62. The van der Waals surface area contributed by atoms with Gasteiger partial charge in [0.25, 0.3) is 5.91 Å². The Balaban J connectivity index is 0.00000260. The molecule has 0 radical (unpaired) electrons. The van der Waals surface area contributed by atoms with Gasteiger partial charge in [0.15, 0.2) is 11.9 Å². The Kier molecular flexibility index (Phi) is 29.5. The lowest BCUT2D eigenvalue weighted by atomic mass is 10.1. The first-order valence-corrected chi connectivity index (χ1v) is 22.6. The molecule has 0 aliphatic heterocycles. The van der Waals surface area contributed by atoms with E-state index in [0.29, 0.717) is 42.5 Å². The van der Waals surface area contributed by atoms with E-state index in [1.165, 1.54) is 26.1 Å². The molecular formula is C41H63F6N13O4S2. The van der Waals surface area contributed by atoms with Crippen LogP contribution in [0.3, 0.4) is 0 Å². The Hall–Kier alpha value is -5.53. The maximum Gasteiger partial charge on any atom is 0.416 e. The molecular weight excluding hydrogens is 917 g/mol. The topological polar surface area (TPSA) is 310 Å². The molecule has 0 saturated carbocycles.